The molecule has 0 aliphatic heterocycles. The van der Waals surface area contributed by atoms with Crippen LogP contribution in [0.25, 0.3) is 22.7 Å². The SMILES string of the molecule is BC1C=Cc2c(c3ccccc3n2-c2ccccc2)C1. The number of hydrogen-bond acceptors (Lipinski definition) is 0. The molecule has 0 amide bonds. The highest BCUT2D eigenvalue weighted by molar-refractivity contribution is 6.14. The molecule has 1 unspecified atom stereocenters. The fourth-order valence-corrected chi connectivity index (χ4v) is 3.22. The molecule has 0 fully saturated rings. The Morgan fingerprint density at radius 3 is 2.55 bits per heavy atom. The molecule has 20 heavy (non-hydrogen) atoms. The second kappa shape index (κ2) is 4.41. The molecule has 1 aliphatic rings. The van der Waals surface area contributed by atoms with Crippen molar-refractivity contribution >= 4 is 24.8 Å². The van der Waals surface area contributed by atoms with Gasteiger partial charge in [-0.15, -0.1) is 0 Å². The molecule has 1 nitrogen and oxygen atoms in total. The van der Waals surface area contributed by atoms with Gasteiger partial charge in [-0.3, -0.25) is 0 Å². The second-order valence-corrected chi connectivity index (χ2v) is 5.59. The summed E-state index contributed by atoms with van der Waals surface area (Å²) in [7, 11) is 2.29. The molecular formula is C18H16BN. The molecule has 2 aromatic carbocycles. The Hall–Kier alpha value is -2.22. The van der Waals surface area contributed by atoms with Crippen LogP contribution in [0.5, 0.6) is 0 Å². The lowest BCUT2D eigenvalue weighted by atomic mass is 9.78. The number of fused-ring (bicyclic) bond motifs is 3. The fourth-order valence-electron chi connectivity index (χ4n) is 3.22. The van der Waals surface area contributed by atoms with Gasteiger partial charge in [0.25, 0.3) is 0 Å². The highest BCUT2D eigenvalue weighted by Crippen LogP contribution is 2.35. The van der Waals surface area contributed by atoms with Crippen LogP contribution in [-0.4, -0.2) is 12.4 Å². The quantitative estimate of drug-likeness (QED) is 0.587. The summed E-state index contributed by atoms with van der Waals surface area (Å²) < 4.78 is 2.38. The molecule has 4 rings (SSSR count). The average Bonchev–Trinajstić information content (AvgIpc) is 2.82. The average molecular weight is 257 g/mol. The van der Waals surface area contributed by atoms with Crippen molar-refractivity contribution in [2.24, 2.45) is 0 Å². The van der Waals surface area contributed by atoms with Crippen LogP contribution in [0.3, 0.4) is 0 Å². The maximum Gasteiger partial charge on any atom is 0.110 e. The fraction of sp³-hybridized carbons (Fsp3) is 0.111. The van der Waals surface area contributed by atoms with E-state index in [4.69, 9.17) is 0 Å². The van der Waals surface area contributed by atoms with Crippen molar-refractivity contribution in [1.82, 2.24) is 4.57 Å². The van der Waals surface area contributed by atoms with E-state index in [2.05, 4.69) is 79.2 Å². The molecule has 96 valence electrons. The summed E-state index contributed by atoms with van der Waals surface area (Å²) in [5.74, 6) is 0.623. The van der Waals surface area contributed by atoms with Gasteiger partial charge in [-0.1, -0.05) is 42.5 Å². The predicted octanol–water partition coefficient (Wildman–Crippen LogP) is 3.62. The van der Waals surface area contributed by atoms with Crippen molar-refractivity contribution in [2.75, 3.05) is 0 Å². The molecule has 0 bridgehead atoms. The van der Waals surface area contributed by atoms with Gasteiger partial charge in [0.2, 0.25) is 0 Å². The van der Waals surface area contributed by atoms with E-state index in [1.54, 1.807) is 0 Å². The largest absolute Gasteiger partial charge is 0.310 e. The first kappa shape index (κ1) is 11.6. The van der Waals surface area contributed by atoms with Crippen LogP contribution in [0.15, 0.2) is 60.7 Å². The van der Waals surface area contributed by atoms with E-state index in [-0.39, 0.29) is 0 Å². The lowest BCUT2D eigenvalue weighted by molar-refractivity contribution is 0.962. The normalized spacial score (nSPS) is 17.3. The van der Waals surface area contributed by atoms with Gasteiger partial charge in [-0.25, -0.2) is 0 Å². The Morgan fingerprint density at radius 2 is 1.70 bits per heavy atom. The Balaban J connectivity index is 2.10. The van der Waals surface area contributed by atoms with Gasteiger partial charge in [0.15, 0.2) is 0 Å². The monoisotopic (exact) mass is 257 g/mol. The van der Waals surface area contributed by atoms with Crippen LogP contribution in [0, 0.1) is 0 Å². The maximum atomic E-state index is 2.38. The lowest BCUT2D eigenvalue weighted by Gasteiger charge is -2.15. The van der Waals surface area contributed by atoms with E-state index in [9.17, 15) is 0 Å². The van der Waals surface area contributed by atoms with Crippen molar-refractivity contribution in [2.45, 2.75) is 12.2 Å². The van der Waals surface area contributed by atoms with Crippen molar-refractivity contribution < 1.29 is 0 Å². The van der Waals surface area contributed by atoms with Gasteiger partial charge in [0, 0.05) is 16.8 Å². The summed E-state index contributed by atoms with van der Waals surface area (Å²) >= 11 is 0. The number of hydrogen-bond donors (Lipinski definition) is 0. The number of para-hydroxylation sites is 2. The summed E-state index contributed by atoms with van der Waals surface area (Å²) in [6.45, 7) is 0. The van der Waals surface area contributed by atoms with Crippen molar-refractivity contribution in [3.63, 3.8) is 0 Å². The highest BCUT2D eigenvalue weighted by atomic mass is 15.0. The summed E-state index contributed by atoms with van der Waals surface area (Å²) in [4.78, 5) is 0. The van der Waals surface area contributed by atoms with Crippen LogP contribution in [0.4, 0.5) is 0 Å². The van der Waals surface area contributed by atoms with Crippen LogP contribution in [0.2, 0.25) is 5.82 Å². The Morgan fingerprint density at radius 1 is 0.950 bits per heavy atom. The van der Waals surface area contributed by atoms with Gasteiger partial charge in [0.05, 0.1) is 5.52 Å². The molecule has 0 spiro atoms. The number of nitrogens with zero attached hydrogens (tertiary/aromatic N) is 1. The molecule has 1 heterocycles. The van der Waals surface area contributed by atoms with E-state index in [1.807, 2.05) is 0 Å². The zero-order valence-corrected chi connectivity index (χ0v) is 11.6. The third-order valence-corrected chi connectivity index (χ3v) is 4.14. The van der Waals surface area contributed by atoms with Gasteiger partial charge in [-0.05, 0) is 42.1 Å². The van der Waals surface area contributed by atoms with Crippen LogP contribution in [-0.2, 0) is 6.42 Å². The predicted molar refractivity (Wildman–Crippen MR) is 88.3 cm³/mol. The summed E-state index contributed by atoms with van der Waals surface area (Å²) in [6, 6.07) is 19.4. The molecule has 1 atom stereocenters. The molecule has 1 aliphatic carbocycles. The number of benzene rings is 2. The minimum atomic E-state index is 0.623. The molecular weight excluding hydrogens is 241 g/mol. The number of allylic oxidation sites excluding steroid dienone is 1. The zero-order valence-electron chi connectivity index (χ0n) is 11.6. The maximum absolute atomic E-state index is 2.38. The van der Waals surface area contributed by atoms with Crippen molar-refractivity contribution in [3.8, 4) is 5.69 Å². The van der Waals surface area contributed by atoms with Crippen LogP contribution < -0.4 is 0 Å². The summed E-state index contributed by atoms with van der Waals surface area (Å²) in [6.07, 6.45) is 5.74. The van der Waals surface area contributed by atoms with Gasteiger partial charge >= 0.3 is 0 Å². The number of rotatable bonds is 1. The molecule has 0 N–H and O–H groups in total. The first-order chi connectivity index (χ1) is 9.84. The van der Waals surface area contributed by atoms with E-state index in [0.717, 1.165) is 6.42 Å². The minimum Gasteiger partial charge on any atom is -0.310 e. The van der Waals surface area contributed by atoms with E-state index in [1.165, 1.54) is 27.8 Å². The molecule has 0 radical (unpaired) electrons. The van der Waals surface area contributed by atoms with Gasteiger partial charge < -0.3 is 4.57 Å². The van der Waals surface area contributed by atoms with Crippen LogP contribution in [0.1, 0.15) is 11.3 Å². The lowest BCUT2D eigenvalue weighted by Crippen LogP contribution is -2.04. The minimum absolute atomic E-state index is 0.623. The Kier molecular flexibility index (Phi) is 2.56. The molecule has 0 saturated carbocycles. The van der Waals surface area contributed by atoms with E-state index >= 15 is 0 Å². The van der Waals surface area contributed by atoms with Gasteiger partial charge in [-0.2, -0.15) is 0 Å². The van der Waals surface area contributed by atoms with Crippen LogP contribution >= 0.6 is 0 Å². The van der Waals surface area contributed by atoms with E-state index < -0.39 is 0 Å². The standard InChI is InChI=1S/C18H16BN/c19-13-10-11-18-16(12-13)15-8-4-5-9-17(15)20(18)14-6-2-1-3-7-14/h1-11,13H,12,19H2. The summed E-state index contributed by atoms with van der Waals surface area (Å²) in [5.41, 5.74) is 5.38. The topological polar surface area (TPSA) is 4.93 Å². The first-order valence-electron chi connectivity index (χ1n) is 7.20. The zero-order chi connectivity index (χ0) is 13.5. The number of aromatic nitrogens is 1. The molecule has 0 saturated heterocycles. The molecule has 3 aromatic rings. The second-order valence-electron chi connectivity index (χ2n) is 5.59. The highest BCUT2D eigenvalue weighted by Gasteiger charge is 2.20. The van der Waals surface area contributed by atoms with Gasteiger partial charge in [0.1, 0.15) is 7.85 Å². The molecule has 1 aromatic heterocycles. The third-order valence-electron chi connectivity index (χ3n) is 4.14. The van der Waals surface area contributed by atoms with Crippen molar-refractivity contribution in [3.05, 3.63) is 71.9 Å². The Bertz CT molecular complexity index is 799. The summed E-state index contributed by atoms with van der Waals surface area (Å²) in [5, 5.41) is 1.39. The van der Waals surface area contributed by atoms with Crippen molar-refractivity contribution in [1.29, 1.82) is 0 Å². The smallest absolute Gasteiger partial charge is 0.110 e. The van der Waals surface area contributed by atoms with E-state index in [0.29, 0.717) is 5.82 Å². The first-order valence-corrected chi connectivity index (χ1v) is 7.20. The molecule has 2 heteroatoms. The third kappa shape index (κ3) is 1.65. The Labute approximate surface area is 120 Å².